The van der Waals surface area contributed by atoms with Crippen molar-refractivity contribution in [3.63, 3.8) is 0 Å². The van der Waals surface area contributed by atoms with Crippen LogP contribution in [0, 0.1) is 5.92 Å². The summed E-state index contributed by atoms with van der Waals surface area (Å²) in [4.78, 5) is 13.9. The number of hydrogen-bond acceptors (Lipinski definition) is 2. The number of likely N-dealkylation sites (tertiary alicyclic amines) is 1. The fraction of sp³-hybridized carbons (Fsp3) is 0.588. The predicted molar refractivity (Wildman–Crippen MR) is 84.7 cm³/mol. The summed E-state index contributed by atoms with van der Waals surface area (Å²) >= 11 is 0. The maximum atomic E-state index is 11.9. The molecule has 4 heteroatoms. The molecule has 1 aliphatic heterocycles. The Bertz CT molecular complexity index is 445. The molecule has 0 unspecified atom stereocenters. The lowest BCUT2D eigenvalue weighted by atomic mass is 9.92. The third kappa shape index (κ3) is 4.66. The molecule has 1 aromatic rings. The van der Waals surface area contributed by atoms with Crippen LogP contribution in [-0.4, -0.2) is 37.7 Å². The van der Waals surface area contributed by atoms with E-state index >= 15 is 0 Å². The first-order valence-electron chi connectivity index (χ1n) is 7.88. The van der Waals surface area contributed by atoms with E-state index in [0.29, 0.717) is 12.5 Å². The molecule has 1 saturated heterocycles. The van der Waals surface area contributed by atoms with Gasteiger partial charge in [0.2, 0.25) is 0 Å². The summed E-state index contributed by atoms with van der Waals surface area (Å²) < 4.78 is 5.18. The summed E-state index contributed by atoms with van der Waals surface area (Å²) in [6.07, 6.45) is 4.55. The van der Waals surface area contributed by atoms with Crippen molar-refractivity contribution in [3.8, 4) is 5.75 Å². The molecule has 1 heterocycles. The first-order valence-corrected chi connectivity index (χ1v) is 7.88. The topological polar surface area (TPSA) is 41.6 Å². The fourth-order valence-corrected chi connectivity index (χ4v) is 2.91. The molecule has 0 radical (unpaired) electrons. The highest BCUT2D eigenvalue weighted by Gasteiger charge is 2.22. The summed E-state index contributed by atoms with van der Waals surface area (Å²) in [6.45, 7) is 4.45. The van der Waals surface area contributed by atoms with Crippen LogP contribution < -0.4 is 10.1 Å². The van der Waals surface area contributed by atoms with Crippen LogP contribution in [0.2, 0.25) is 0 Å². The van der Waals surface area contributed by atoms with E-state index in [4.69, 9.17) is 4.74 Å². The monoisotopic (exact) mass is 290 g/mol. The van der Waals surface area contributed by atoms with Gasteiger partial charge in [0.15, 0.2) is 0 Å². The number of aryl methyl sites for hydroxylation is 1. The van der Waals surface area contributed by atoms with Crippen molar-refractivity contribution in [2.24, 2.45) is 5.92 Å². The maximum Gasteiger partial charge on any atom is 0.317 e. The van der Waals surface area contributed by atoms with Gasteiger partial charge in [-0.25, -0.2) is 4.79 Å². The van der Waals surface area contributed by atoms with Gasteiger partial charge in [-0.05, 0) is 56.2 Å². The lowest BCUT2D eigenvalue weighted by Crippen LogP contribution is -2.45. The average Bonchev–Trinajstić information content (AvgIpc) is 2.54. The maximum absolute atomic E-state index is 11.9. The number of urea groups is 1. The van der Waals surface area contributed by atoms with E-state index < -0.39 is 0 Å². The van der Waals surface area contributed by atoms with Gasteiger partial charge in [0.05, 0.1) is 7.11 Å². The zero-order valence-corrected chi connectivity index (χ0v) is 13.1. The summed E-state index contributed by atoms with van der Waals surface area (Å²) in [6, 6.07) is 8.37. The molecule has 1 atom stereocenters. The number of nitrogens with zero attached hydrogens (tertiary/aromatic N) is 1. The highest BCUT2D eigenvalue weighted by Crippen LogP contribution is 2.22. The van der Waals surface area contributed by atoms with E-state index in [1.165, 1.54) is 12.0 Å². The number of ether oxygens (including phenoxy) is 1. The highest BCUT2D eigenvalue weighted by atomic mass is 16.5. The number of piperidine rings is 1. The molecule has 1 aliphatic rings. The summed E-state index contributed by atoms with van der Waals surface area (Å²) in [5, 5.41) is 2.90. The number of carbonyl (C=O) groups is 1. The smallest absolute Gasteiger partial charge is 0.317 e. The normalized spacial score (nSPS) is 18.4. The van der Waals surface area contributed by atoms with Gasteiger partial charge < -0.3 is 15.0 Å². The zero-order chi connectivity index (χ0) is 15.1. The van der Waals surface area contributed by atoms with Crippen LogP contribution in [0.3, 0.4) is 0 Å². The van der Waals surface area contributed by atoms with Gasteiger partial charge >= 0.3 is 6.03 Å². The lowest BCUT2D eigenvalue weighted by molar-refractivity contribution is 0.163. The van der Waals surface area contributed by atoms with Crippen LogP contribution in [-0.2, 0) is 6.42 Å². The van der Waals surface area contributed by atoms with Gasteiger partial charge in [-0.2, -0.15) is 0 Å². The predicted octanol–water partition coefficient (Wildman–Crippen LogP) is 3.07. The van der Waals surface area contributed by atoms with E-state index in [2.05, 4.69) is 17.4 Å². The Morgan fingerprint density at radius 2 is 2.14 bits per heavy atom. The van der Waals surface area contributed by atoms with Crippen molar-refractivity contribution >= 4 is 6.03 Å². The molecule has 116 valence electrons. The number of rotatable bonds is 5. The first-order chi connectivity index (χ1) is 10.2. The molecule has 2 rings (SSSR count). The number of carbonyl (C=O) groups excluding carboxylic acids is 1. The molecule has 0 bridgehead atoms. The molecule has 0 aromatic heterocycles. The van der Waals surface area contributed by atoms with Crippen molar-refractivity contribution < 1.29 is 9.53 Å². The van der Waals surface area contributed by atoms with Crippen molar-refractivity contribution in [2.45, 2.75) is 32.6 Å². The summed E-state index contributed by atoms with van der Waals surface area (Å²) in [5.74, 6) is 1.52. The number of nitrogens with one attached hydrogen (secondary N) is 1. The van der Waals surface area contributed by atoms with Crippen molar-refractivity contribution in [1.29, 1.82) is 0 Å². The van der Waals surface area contributed by atoms with Gasteiger partial charge in [0.1, 0.15) is 5.75 Å². The van der Waals surface area contributed by atoms with Crippen molar-refractivity contribution in [3.05, 3.63) is 29.8 Å². The zero-order valence-electron chi connectivity index (χ0n) is 13.1. The Labute approximate surface area is 127 Å². The van der Waals surface area contributed by atoms with Gasteiger partial charge in [-0.15, -0.1) is 0 Å². The number of hydrogen-bond donors (Lipinski definition) is 1. The molecule has 0 saturated carbocycles. The Hall–Kier alpha value is -1.71. The molecule has 4 nitrogen and oxygen atoms in total. The Morgan fingerprint density at radius 3 is 2.81 bits per heavy atom. The molecule has 0 aliphatic carbocycles. The van der Waals surface area contributed by atoms with Crippen LogP contribution in [0.15, 0.2) is 24.3 Å². The minimum Gasteiger partial charge on any atom is -0.497 e. The third-order valence-electron chi connectivity index (χ3n) is 4.13. The second-order valence-electron chi connectivity index (χ2n) is 5.68. The molecule has 0 spiro atoms. The molecule has 21 heavy (non-hydrogen) atoms. The third-order valence-corrected chi connectivity index (χ3v) is 4.13. The molecule has 1 N–H and O–H groups in total. The van der Waals surface area contributed by atoms with Crippen molar-refractivity contribution in [1.82, 2.24) is 10.2 Å². The summed E-state index contributed by atoms with van der Waals surface area (Å²) in [5.41, 5.74) is 1.34. The molecule has 2 amide bonds. The van der Waals surface area contributed by atoms with Crippen molar-refractivity contribution in [2.75, 3.05) is 26.7 Å². The van der Waals surface area contributed by atoms with Crippen LogP contribution >= 0.6 is 0 Å². The molecular weight excluding hydrogens is 264 g/mol. The SMILES string of the molecule is CCNC(=O)N1CCC[C@H](CCc2ccc(OC)cc2)C1. The summed E-state index contributed by atoms with van der Waals surface area (Å²) in [7, 11) is 1.69. The largest absolute Gasteiger partial charge is 0.497 e. The molecule has 1 aromatic carbocycles. The number of methoxy groups -OCH3 is 1. The molecule has 1 fully saturated rings. The standard InChI is InChI=1S/C17H26N2O2/c1-3-18-17(20)19-12-4-5-15(13-19)7-6-14-8-10-16(21-2)11-9-14/h8-11,15H,3-7,12-13H2,1-2H3,(H,18,20)/t15-/m1/s1. The molecular formula is C17H26N2O2. The van der Waals surface area contributed by atoms with Gasteiger partial charge in [0.25, 0.3) is 0 Å². The fourth-order valence-electron chi connectivity index (χ4n) is 2.91. The highest BCUT2D eigenvalue weighted by molar-refractivity contribution is 5.74. The first kappa shape index (κ1) is 15.7. The van der Waals surface area contributed by atoms with Gasteiger partial charge in [-0.1, -0.05) is 12.1 Å². The number of amides is 2. The Kier molecular flexibility index (Phi) is 5.90. The Morgan fingerprint density at radius 1 is 1.38 bits per heavy atom. The number of benzene rings is 1. The van der Waals surface area contributed by atoms with E-state index in [-0.39, 0.29) is 6.03 Å². The lowest BCUT2D eigenvalue weighted by Gasteiger charge is -2.32. The Balaban J connectivity index is 1.80. The quantitative estimate of drug-likeness (QED) is 0.905. The second-order valence-corrected chi connectivity index (χ2v) is 5.68. The van der Waals surface area contributed by atoms with Crippen LogP contribution in [0.25, 0.3) is 0 Å². The van der Waals surface area contributed by atoms with E-state index in [9.17, 15) is 4.79 Å². The van der Waals surface area contributed by atoms with Crippen LogP contribution in [0.5, 0.6) is 5.75 Å². The van der Waals surface area contributed by atoms with Crippen LogP contribution in [0.4, 0.5) is 4.79 Å². The van der Waals surface area contributed by atoms with E-state index in [1.807, 2.05) is 24.0 Å². The van der Waals surface area contributed by atoms with E-state index in [1.54, 1.807) is 7.11 Å². The van der Waals surface area contributed by atoms with E-state index in [0.717, 1.165) is 38.1 Å². The van der Waals surface area contributed by atoms with Gasteiger partial charge in [0, 0.05) is 19.6 Å². The minimum atomic E-state index is 0.0895. The van der Waals surface area contributed by atoms with Gasteiger partial charge in [-0.3, -0.25) is 0 Å². The minimum absolute atomic E-state index is 0.0895. The second kappa shape index (κ2) is 7.91. The van der Waals surface area contributed by atoms with Crippen LogP contribution in [0.1, 0.15) is 31.7 Å². The average molecular weight is 290 g/mol.